The average Bonchev–Trinajstić information content (AvgIpc) is 3.20. The normalized spacial score (nSPS) is 17.6. The van der Waals surface area contributed by atoms with E-state index < -0.39 is 0 Å². The molecule has 24 heavy (non-hydrogen) atoms. The summed E-state index contributed by atoms with van der Waals surface area (Å²) in [6.07, 6.45) is 0.533. The lowest BCUT2D eigenvalue weighted by atomic mass is 10.2. The molecule has 124 valence electrons. The molecular weight excluding hydrogens is 302 g/mol. The van der Waals surface area contributed by atoms with E-state index in [-0.39, 0.29) is 6.10 Å². The maximum absolute atomic E-state index is 9.88. The van der Waals surface area contributed by atoms with Crippen molar-refractivity contribution in [3.8, 4) is 5.75 Å². The summed E-state index contributed by atoms with van der Waals surface area (Å²) in [5.74, 6) is 1.79. The van der Waals surface area contributed by atoms with Crippen LogP contribution in [0.5, 0.6) is 5.75 Å². The number of methoxy groups -OCH3 is 1. The lowest BCUT2D eigenvalue weighted by molar-refractivity contribution is 0.198. The first-order chi connectivity index (χ1) is 11.7. The Kier molecular flexibility index (Phi) is 3.86. The Hall–Kier alpha value is -2.53. The topological polar surface area (TPSA) is 50.5 Å². The van der Waals surface area contributed by atoms with E-state index in [0.29, 0.717) is 6.54 Å². The number of aliphatic hydroxyl groups excluding tert-OH is 1. The highest BCUT2D eigenvalue weighted by Crippen LogP contribution is 2.27. The maximum Gasteiger partial charge on any atom is 0.206 e. The molecule has 1 aromatic heterocycles. The van der Waals surface area contributed by atoms with Crippen LogP contribution in [0.25, 0.3) is 11.0 Å². The van der Waals surface area contributed by atoms with Gasteiger partial charge in [-0.3, -0.25) is 0 Å². The molecule has 1 fully saturated rings. The predicted molar refractivity (Wildman–Crippen MR) is 94.7 cm³/mol. The minimum absolute atomic E-state index is 0.265. The fourth-order valence-electron chi connectivity index (χ4n) is 3.30. The number of aliphatic hydroxyl groups is 1. The van der Waals surface area contributed by atoms with Gasteiger partial charge >= 0.3 is 0 Å². The molecule has 0 amide bonds. The van der Waals surface area contributed by atoms with Crippen molar-refractivity contribution in [1.82, 2.24) is 9.55 Å². The van der Waals surface area contributed by atoms with Gasteiger partial charge in [-0.15, -0.1) is 0 Å². The zero-order valence-corrected chi connectivity index (χ0v) is 13.7. The summed E-state index contributed by atoms with van der Waals surface area (Å²) in [6.45, 7) is 2.23. The summed E-state index contributed by atoms with van der Waals surface area (Å²) in [5.41, 5.74) is 3.30. The van der Waals surface area contributed by atoms with Crippen LogP contribution in [0.2, 0.25) is 0 Å². The number of imidazole rings is 1. The number of β-amino-alcohol motifs (C(OH)–C–C–N with tert-alkyl or cyclic N) is 1. The number of nitrogens with zero attached hydrogens (tertiary/aromatic N) is 3. The quantitative estimate of drug-likeness (QED) is 0.802. The maximum atomic E-state index is 9.88. The van der Waals surface area contributed by atoms with Gasteiger partial charge in [-0.25, -0.2) is 4.98 Å². The van der Waals surface area contributed by atoms with Gasteiger partial charge in [0.25, 0.3) is 0 Å². The average molecular weight is 323 g/mol. The van der Waals surface area contributed by atoms with Crippen LogP contribution in [-0.2, 0) is 6.54 Å². The Morgan fingerprint density at radius 2 is 1.96 bits per heavy atom. The van der Waals surface area contributed by atoms with Crippen molar-refractivity contribution in [3.63, 3.8) is 0 Å². The number of rotatable bonds is 4. The SMILES string of the molecule is COc1ccc(Cn2c(N3CC[C@H](O)C3)nc3ccccc32)cc1. The van der Waals surface area contributed by atoms with Crippen molar-refractivity contribution < 1.29 is 9.84 Å². The van der Waals surface area contributed by atoms with E-state index in [0.717, 1.165) is 42.2 Å². The van der Waals surface area contributed by atoms with Gasteiger partial charge in [-0.2, -0.15) is 0 Å². The van der Waals surface area contributed by atoms with E-state index in [2.05, 4.69) is 27.7 Å². The lowest BCUT2D eigenvalue weighted by Gasteiger charge is -2.19. The van der Waals surface area contributed by atoms with E-state index in [1.54, 1.807) is 7.11 Å². The largest absolute Gasteiger partial charge is 0.497 e. The molecule has 3 aromatic rings. The highest BCUT2D eigenvalue weighted by molar-refractivity contribution is 5.79. The molecule has 0 unspecified atom stereocenters. The number of fused-ring (bicyclic) bond motifs is 1. The molecule has 0 bridgehead atoms. The molecule has 1 aliphatic rings. The molecule has 1 aliphatic heterocycles. The fraction of sp³-hybridized carbons (Fsp3) is 0.316. The number of anilines is 1. The van der Waals surface area contributed by atoms with Crippen molar-refractivity contribution in [1.29, 1.82) is 0 Å². The molecule has 1 saturated heterocycles. The number of hydrogen-bond donors (Lipinski definition) is 1. The third kappa shape index (κ3) is 2.71. The molecule has 0 saturated carbocycles. The first-order valence-electron chi connectivity index (χ1n) is 8.26. The molecule has 0 spiro atoms. The van der Waals surface area contributed by atoms with Gasteiger partial charge in [0.1, 0.15) is 5.75 Å². The first kappa shape index (κ1) is 15.0. The van der Waals surface area contributed by atoms with Crippen LogP contribution < -0.4 is 9.64 Å². The van der Waals surface area contributed by atoms with Crippen molar-refractivity contribution in [3.05, 3.63) is 54.1 Å². The summed E-state index contributed by atoms with van der Waals surface area (Å²) in [5, 5.41) is 9.88. The van der Waals surface area contributed by atoms with E-state index >= 15 is 0 Å². The molecule has 0 aliphatic carbocycles. The third-order valence-corrected chi connectivity index (χ3v) is 4.58. The second-order valence-electron chi connectivity index (χ2n) is 6.22. The van der Waals surface area contributed by atoms with Crippen molar-refractivity contribution >= 4 is 17.0 Å². The highest BCUT2D eigenvalue weighted by atomic mass is 16.5. The molecule has 1 atom stereocenters. The van der Waals surface area contributed by atoms with E-state index in [1.165, 1.54) is 5.56 Å². The molecule has 5 heteroatoms. The van der Waals surface area contributed by atoms with E-state index in [9.17, 15) is 5.11 Å². The highest BCUT2D eigenvalue weighted by Gasteiger charge is 2.25. The number of aromatic nitrogens is 2. The summed E-state index contributed by atoms with van der Waals surface area (Å²) >= 11 is 0. The zero-order chi connectivity index (χ0) is 16.5. The minimum atomic E-state index is -0.265. The molecule has 5 nitrogen and oxygen atoms in total. The first-order valence-corrected chi connectivity index (χ1v) is 8.26. The molecule has 4 rings (SSSR count). The summed E-state index contributed by atoms with van der Waals surface area (Å²) in [6, 6.07) is 16.3. The lowest BCUT2D eigenvalue weighted by Crippen LogP contribution is -2.25. The summed E-state index contributed by atoms with van der Waals surface area (Å²) < 4.78 is 7.47. The van der Waals surface area contributed by atoms with Crippen LogP contribution in [0.1, 0.15) is 12.0 Å². The Balaban J connectivity index is 1.74. The van der Waals surface area contributed by atoms with Gasteiger partial charge in [0.05, 0.1) is 30.8 Å². The third-order valence-electron chi connectivity index (χ3n) is 4.58. The van der Waals surface area contributed by atoms with Crippen LogP contribution in [0.15, 0.2) is 48.5 Å². The van der Waals surface area contributed by atoms with Crippen LogP contribution >= 0.6 is 0 Å². The Morgan fingerprint density at radius 1 is 1.17 bits per heavy atom. The van der Waals surface area contributed by atoms with Gasteiger partial charge in [0.15, 0.2) is 0 Å². The molecule has 1 N–H and O–H groups in total. The Morgan fingerprint density at radius 3 is 2.67 bits per heavy atom. The molecular formula is C19H21N3O2. The monoisotopic (exact) mass is 323 g/mol. The van der Waals surface area contributed by atoms with E-state index in [4.69, 9.17) is 9.72 Å². The van der Waals surface area contributed by atoms with Crippen LogP contribution in [0.4, 0.5) is 5.95 Å². The number of hydrogen-bond acceptors (Lipinski definition) is 4. The summed E-state index contributed by atoms with van der Waals surface area (Å²) in [7, 11) is 1.68. The number of para-hydroxylation sites is 2. The van der Waals surface area contributed by atoms with Crippen LogP contribution in [-0.4, -0.2) is 41.0 Å². The van der Waals surface area contributed by atoms with Gasteiger partial charge in [-0.05, 0) is 36.2 Å². The van der Waals surface area contributed by atoms with Gasteiger partial charge in [0, 0.05) is 13.1 Å². The van der Waals surface area contributed by atoms with Gasteiger partial charge in [0.2, 0.25) is 5.95 Å². The molecule has 2 aromatic carbocycles. The number of ether oxygens (including phenoxy) is 1. The van der Waals surface area contributed by atoms with Crippen LogP contribution in [0, 0.1) is 0 Å². The summed E-state index contributed by atoms with van der Waals surface area (Å²) in [4.78, 5) is 6.99. The molecule has 2 heterocycles. The van der Waals surface area contributed by atoms with Gasteiger partial charge in [-0.1, -0.05) is 24.3 Å². The van der Waals surface area contributed by atoms with Crippen LogP contribution in [0.3, 0.4) is 0 Å². The van der Waals surface area contributed by atoms with Crippen molar-refractivity contribution in [2.75, 3.05) is 25.1 Å². The zero-order valence-electron chi connectivity index (χ0n) is 13.7. The minimum Gasteiger partial charge on any atom is -0.497 e. The predicted octanol–water partition coefficient (Wildman–Crippen LogP) is 2.66. The van der Waals surface area contributed by atoms with Gasteiger partial charge < -0.3 is 19.3 Å². The standard InChI is InChI=1S/C19H21N3O2/c1-24-16-8-6-14(7-9-16)12-22-18-5-3-2-4-17(18)20-19(22)21-11-10-15(23)13-21/h2-9,15,23H,10-13H2,1H3/t15-/m0/s1. The second kappa shape index (κ2) is 6.17. The Labute approximate surface area is 141 Å². The van der Waals surface area contributed by atoms with Crippen molar-refractivity contribution in [2.45, 2.75) is 19.1 Å². The second-order valence-corrected chi connectivity index (χ2v) is 6.22. The number of benzene rings is 2. The van der Waals surface area contributed by atoms with E-state index in [1.807, 2.05) is 30.3 Å². The Bertz CT molecular complexity index is 841. The van der Waals surface area contributed by atoms with Crippen molar-refractivity contribution in [2.24, 2.45) is 0 Å². The fourth-order valence-corrected chi connectivity index (χ4v) is 3.30. The molecule has 0 radical (unpaired) electrons. The smallest absolute Gasteiger partial charge is 0.206 e.